The minimum Gasteiger partial charge on any atom is -0.504 e. The van der Waals surface area contributed by atoms with E-state index in [-0.39, 0.29) is 5.75 Å². The molecule has 140 valence electrons. The molecule has 0 radical (unpaired) electrons. The lowest BCUT2D eigenvalue weighted by Gasteiger charge is -2.08. The van der Waals surface area contributed by atoms with Crippen molar-refractivity contribution in [2.24, 2.45) is 0 Å². The maximum atomic E-state index is 12.4. The molecule has 5 nitrogen and oxygen atoms in total. The van der Waals surface area contributed by atoms with Crippen LogP contribution in [0.3, 0.4) is 0 Å². The summed E-state index contributed by atoms with van der Waals surface area (Å²) < 4.78 is 16.3. The van der Waals surface area contributed by atoms with Crippen molar-refractivity contribution >= 4 is 11.0 Å². The molecule has 0 amide bonds. The van der Waals surface area contributed by atoms with Crippen molar-refractivity contribution < 1.29 is 19.0 Å². The van der Waals surface area contributed by atoms with Crippen molar-refractivity contribution in [3.05, 3.63) is 88.8 Å². The van der Waals surface area contributed by atoms with E-state index in [1.807, 2.05) is 54.6 Å². The van der Waals surface area contributed by atoms with Gasteiger partial charge in [-0.2, -0.15) is 0 Å². The summed E-state index contributed by atoms with van der Waals surface area (Å²) in [6.07, 6.45) is 0. The first-order valence-corrected chi connectivity index (χ1v) is 8.76. The van der Waals surface area contributed by atoms with Gasteiger partial charge in [-0.25, -0.2) is 4.79 Å². The van der Waals surface area contributed by atoms with Crippen molar-refractivity contribution in [2.45, 2.75) is 6.61 Å². The highest BCUT2D eigenvalue weighted by Crippen LogP contribution is 2.32. The van der Waals surface area contributed by atoms with Gasteiger partial charge in [-0.05, 0) is 35.4 Å². The molecular weight excluding hydrogens is 356 g/mol. The second-order valence-electron chi connectivity index (χ2n) is 6.31. The number of phenols is 1. The normalized spacial score (nSPS) is 10.8. The fourth-order valence-corrected chi connectivity index (χ4v) is 2.97. The molecule has 0 aliphatic heterocycles. The first-order chi connectivity index (χ1) is 13.6. The number of ether oxygens (including phenoxy) is 2. The highest BCUT2D eigenvalue weighted by Gasteiger charge is 2.11. The van der Waals surface area contributed by atoms with E-state index in [0.29, 0.717) is 34.6 Å². The Hall–Kier alpha value is -3.73. The van der Waals surface area contributed by atoms with Gasteiger partial charge in [0.15, 0.2) is 11.5 Å². The number of fused-ring (bicyclic) bond motifs is 1. The van der Waals surface area contributed by atoms with Crippen molar-refractivity contribution in [1.29, 1.82) is 0 Å². The molecular formula is C23H18O5. The van der Waals surface area contributed by atoms with Crippen molar-refractivity contribution in [3.8, 4) is 28.4 Å². The van der Waals surface area contributed by atoms with E-state index < -0.39 is 5.63 Å². The second-order valence-corrected chi connectivity index (χ2v) is 6.31. The smallest absolute Gasteiger partial charge is 0.344 e. The highest BCUT2D eigenvalue weighted by atomic mass is 16.5. The van der Waals surface area contributed by atoms with Crippen molar-refractivity contribution in [3.63, 3.8) is 0 Å². The Kier molecular flexibility index (Phi) is 4.72. The monoisotopic (exact) mass is 374 g/mol. The number of hydrogen-bond donors (Lipinski definition) is 1. The third-order valence-corrected chi connectivity index (χ3v) is 4.45. The zero-order valence-corrected chi connectivity index (χ0v) is 15.2. The van der Waals surface area contributed by atoms with Crippen LogP contribution in [0, 0.1) is 0 Å². The molecule has 1 aromatic heterocycles. The quantitative estimate of drug-likeness (QED) is 0.511. The Morgan fingerprint density at radius 3 is 2.43 bits per heavy atom. The van der Waals surface area contributed by atoms with Crippen LogP contribution in [0.15, 0.2) is 82.0 Å². The predicted molar refractivity (Wildman–Crippen MR) is 107 cm³/mol. The second kappa shape index (κ2) is 7.48. The van der Waals surface area contributed by atoms with Crippen LogP contribution in [0.5, 0.6) is 17.2 Å². The summed E-state index contributed by atoms with van der Waals surface area (Å²) in [5.41, 5.74) is 2.05. The van der Waals surface area contributed by atoms with E-state index in [0.717, 1.165) is 11.1 Å². The molecule has 0 saturated heterocycles. The van der Waals surface area contributed by atoms with E-state index in [4.69, 9.17) is 13.9 Å². The van der Waals surface area contributed by atoms with Crippen molar-refractivity contribution in [2.75, 3.05) is 7.11 Å². The molecule has 0 aliphatic rings. The summed E-state index contributed by atoms with van der Waals surface area (Å²) in [7, 11) is 1.47. The van der Waals surface area contributed by atoms with E-state index in [1.165, 1.54) is 13.2 Å². The third-order valence-electron chi connectivity index (χ3n) is 4.45. The number of aromatic hydroxyl groups is 1. The molecule has 0 saturated carbocycles. The van der Waals surface area contributed by atoms with Crippen LogP contribution in [-0.4, -0.2) is 12.2 Å². The van der Waals surface area contributed by atoms with Gasteiger partial charge in [0.2, 0.25) is 0 Å². The SMILES string of the molecule is COc1cc2cc(-c3ccc(OCc4ccccc4)cc3)c(=O)oc2cc1O. The minimum absolute atomic E-state index is 0.0779. The summed E-state index contributed by atoms with van der Waals surface area (Å²) in [4.78, 5) is 12.4. The first-order valence-electron chi connectivity index (χ1n) is 8.76. The van der Waals surface area contributed by atoms with Gasteiger partial charge in [0.1, 0.15) is 17.9 Å². The van der Waals surface area contributed by atoms with Gasteiger partial charge >= 0.3 is 5.63 Å². The first kappa shape index (κ1) is 17.7. The predicted octanol–water partition coefficient (Wildman–Crippen LogP) is 4.75. The Morgan fingerprint density at radius 1 is 0.964 bits per heavy atom. The lowest BCUT2D eigenvalue weighted by atomic mass is 10.1. The van der Waals surface area contributed by atoms with E-state index in [2.05, 4.69) is 0 Å². The average Bonchev–Trinajstić information content (AvgIpc) is 2.73. The fourth-order valence-electron chi connectivity index (χ4n) is 2.97. The zero-order valence-electron chi connectivity index (χ0n) is 15.2. The van der Waals surface area contributed by atoms with Crippen LogP contribution in [0.4, 0.5) is 0 Å². The standard InChI is InChI=1S/C23H18O5/c1-26-22-12-17-11-19(23(25)28-21(17)13-20(22)24)16-7-9-18(10-8-16)27-14-15-5-3-2-4-6-15/h2-13,24H,14H2,1H3. The third kappa shape index (κ3) is 3.55. The van der Waals surface area contributed by atoms with Gasteiger partial charge in [-0.3, -0.25) is 0 Å². The number of hydrogen-bond acceptors (Lipinski definition) is 5. The summed E-state index contributed by atoms with van der Waals surface area (Å²) in [5.74, 6) is 0.951. The topological polar surface area (TPSA) is 68.9 Å². The number of phenolic OH excluding ortho intramolecular Hbond substituents is 1. The highest BCUT2D eigenvalue weighted by molar-refractivity contribution is 5.84. The Bertz CT molecular complexity index is 1160. The number of methoxy groups -OCH3 is 1. The molecule has 1 heterocycles. The zero-order chi connectivity index (χ0) is 19.5. The summed E-state index contributed by atoms with van der Waals surface area (Å²) in [6.45, 7) is 0.474. The average molecular weight is 374 g/mol. The Morgan fingerprint density at radius 2 is 1.71 bits per heavy atom. The molecule has 0 bridgehead atoms. The molecule has 4 aromatic rings. The summed E-state index contributed by atoms with van der Waals surface area (Å²) in [5, 5.41) is 10.5. The summed E-state index contributed by atoms with van der Waals surface area (Å²) in [6, 6.07) is 21.9. The van der Waals surface area contributed by atoms with Gasteiger partial charge in [0, 0.05) is 11.5 Å². The molecule has 28 heavy (non-hydrogen) atoms. The maximum absolute atomic E-state index is 12.4. The molecule has 3 aromatic carbocycles. The number of rotatable bonds is 5. The molecule has 0 atom stereocenters. The lowest BCUT2D eigenvalue weighted by Crippen LogP contribution is -2.03. The van der Waals surface area contributed by atoms with Gasteiger partial charge in [-0.15, -0.1) is 0 Å². The molecule has 1 N–H and O–H groups in total. The van der Waals surface area contributed by atoms with E-state index in [1.54, 1.807) is 12.1 Å². The van der Waals surface area contributed by atoms with Gasteiger partial charge < -0.3 is 19.0 Å². The van der Waals surface area contributed by atoms with Crippen LogP contribution in [0.25, 0.3) is 22.1 Å². The Labute approximate surface area is 161 Å². The van der Waals surface area contributed by atoms with Crippen LogP contribution in [0.2, 0.25) is 0 Å². The molecule has 4 rings (SSSR count). The van der Waals surface area contributed by atoms with Crippen LogP contribution in [0.1, 0.15) is 5.56 Å². The van der Waals surface area contributed by atoms with Crippen LogP contribution < -0.4 is 15.1 Å². The lowest BCUT2D eigenvalue weighted by molar-refractivity contribution is 0.306. The largest absolute Gasteiger partial charge is 0.504 e. The number of benzene rings is 3. The van der Waals surface area contributed by atoms with Crippen molar-refractivity contribution in [1.82, 2.24) is 0 Å². The van der Waals surface area contributed by atoms with E-state index in [9.17, 15) is 9.90 Å². The molecule has 0 spiro atoms. The summed E-state index contributed by atoms with van der Waals surface area (Å²) >= 11 is 0. The van der Waals surface area contributed by atoms with Crippen LogP contribution in [-0.2, 0) is 6.61 Å². The molecule has 5 heteroatoms. The van der Waals surface area contributed by atoms with Crippen LogP contribution >= 0.6 is 0 Å². The minimum atomic E-state index is -0.477. The van der Waals surface area contributed by atoms with E-state index >= 15 is 0 Å². The molecule has 0 fully saturated rings. The van der Waals surface area contributed by atoms with Gasteiger partial charge in [0.25, 0.3) is 0 Å². The van der Waals surface area contributed by atoms with Gasteiger partial charge in [0.05, 0.1) is 12.7 Å². The molecule has 0 unspecified atom stereocenters. The van der Waals surface area contributed by atoms with Gasteiger partial charge in [-0.1, -0.05) is 42.5 Å². The Balaban J connectivity index is 1.61. The maximum Gasteiger partial charge on any atom is 0.344 e. The fraction of sp³-hybridized carbons (Fsp3) is 0.0870. The molecule has 0 aliphatic carbocycles.